The molecule has 3 heterocycles. The normalized spacial score (nSPS) is 17.3. The van der Waals surface area contributed by atoms with Gasteiger partial charge in [0.1, 0.15) is 21.4 Å². The van der Waals surface area contributed by atoms with Gasteiger partial charge in [0, 0.05) is 22.5 Å². The Kier molecular flexibility index (Phi) is 6.02. The first-order chi connectivity index (χ1) is 16.2. The zero-order valence-corrected chi connectivity index (χ0v) is 21.2. The van der Waals surface area contributed by atoms with Gasteiger partial charge in [0.15, 0.2) is 0 Å². The first-order valence-corrected chi connectivity index (χ1v) is 13.8. The Labute approximate surface area is 204 Å². The number of benzene rings is 2. The predicted molar refractivity (Wildman–Crippen MR) is 135 cm³/mol. The van der Waals surface area contributed by atoms with Crippen LogP contribution in [0.1, 0.15) is 54.6 Å². The number of hydrogen-bond acceptors (Lipinski definition) is 5. The van der Waals surface area contributed by atoms with Crippen LogP contribution in [0.15, 0.2) is 47.0 Å². The lowest BCUT2D eigenvalue weighted by Gasteiger charge is -2.27. The van der Waals surface area contributed by atoms with Gasteiger partial charge in [-0.05, 0) is 68.5 Å². The summed E-state index contributed by atoms with van der Waals surface area (Å²) in [5.74, 6) is 2.36. The molecule has 0 bridgehead atoms. The molecular weight excluding hydrogens is 470 g/mol. The fourth-order valence-electron chi connectivity index (χ4n) is 5.10. The maximum absolute atomic E-state index is 12.1. The van der Waals surface area contributed by atoms with Crippen molar-refractivity contribution in [3.05, 3.63) is 70.3 Å². The van der Waals surface area contributed by atoms with Crippen molar-refractivity contribution in [2.24, 2.45) is 0 Å². The molecule has 178 valence electrons. The fourth-order valence-corrected chi connectivity index (χ4v) is 6.69. The first kappa shape index (κ1) is 23.1. The Bertz CT molecular complexity index is 1420. The molecule has 8 heteroatoms. The summed E-state index contributed by atoms with van der Waals surface area (Å²) >= 11 is 6.07. The number of aryl methyl sites for hydroxylation is 2. The van der Waals surface area contributed by atoms with Gasteiger partial charge < -0.3 is 9.09 Å². The van der Waals surface area contributed by atoms with Gasteiger partial charge in [0.05, 0.1) is 28.2 Å². The zero-order chi connectivity index (χ0) is 24.0. The van der Waals surface area contributed by atoms with Crippen LogP contribution in [0.25, 0.3) is 22.2 Å². The molecule has 4 aromatic rings. The number of fused-ring (bicyclic) bond motifs is 1. The van der Waals surface area contributed by atoms with E-state index in [1.165, 1.54) is 5.56 Å². The van der Waals surface area contributed by atoms with Crippen molar-refractivity contribution in [3.63, 3.8) is 0 Å². The van der Waals surface area contributed by atoms with E-state index in [1.54, 1.807) is 0 Å². The number of halogens is 1. The van der Waals surface area contributed by atoms with E-state index in [1.807, 2.05) is 26.0 Å². The molecule has 1 fully saturated rings. The number of sulfone groups is 1. The maximum atomic E-state index is 12.1. The molecule has 1 aliphatic heterocycles. The molecule has 0 saturated carbocycles. The van der Waals surface area contributed by atoms with Crippen molar-refractivity contribution in [2.45, 2.75) is 52.0 Å². The highest BCUT2D eigenvalue weighted by Crippen LogP contribution is 2.36. The molecule has 1 unspecified atom stereocenters. The van der Waals surface area contributed by atoms with Crippen LogP contribution in [0.2, 0.25) is 5.02 Å². The lowest BCUT2D eigenvalue weighted by atomic mass is 9.99. The molecular formula is C26H28ClN3O3S. The fraction of sp³-hybridized carbons (Fsp3) is 0.385. The highest BCUT2D eigenvalue weighted by Gasteiger charge is 2.29. The summed E-state index contributed by atoms with van der Waals surface area (Å²) in [5.41, 5.74) is 6.01. The number of aromatic nitrogens is 3. The molecule has 6 nitrogen and oxygen atoms in total. The minimum atomic E-state index is -2.96. The van der Waals surface area contributed by atoms with E-state index >= 15 is 0 Å². The standard InChI is InChI=1S/C26H28ClN3O3S/c1-16(14-19-4-7-21(27)8-5-19)26-28-23-15-20(25-17(2)29-33-18(25)3)6-9-24(23)30(26)22-10-12-34(31,32)13-11-22/h4-9,15-16,22H,10-14H2,1-3H3. The second-order valence-corrected chi connectivity index (χ2v) is 12.1. The van der Waals surface area contributed by atoms with E-state index in [0.29, 0.717) is 12.8 Å². The van der Waals surface area contributed by atoms with Crippen LogP contribution in [0.4, 0.5) is 0 Å². The predicted octanol–water partition coefficient (Wildman–Crippen LogP) is 6.06. The van der Waals surface area contributed by atoms with Gasteiger partial charge in [-0.25, -0.2) is 13.4 Å². The summed E-state index contributed by atoms with van der Waals surface area (Å²) in [5, 5.41) is 4.82. The molecule has 5 rings (SSSR count). The number of nitrogens with zero attached hydrogens (tertiary/aromatic N) is 3. The summed E-state index contributed by atoms with van der Waals surface area (Å²) < 4.78 is 31.9. The summed E-state index contributed by atoms with van der Waals surface area (Å²) in [6, 6.07) is 14.3. The van der Waals surface area contributed by atoms with Gasteiger partial charge in [-0.1, -0.05) is 41.9 Å². The second kappa shape index (κ2) is 8.86. The third kappa shape index (κ3) is 4.39. The molecule has 2 aromatic heterocycles. The molecule has 1 aliphatic rings. The molecule has 1 saturated heterocycles. The summed E-state index contributed by atoms with van der Waals surface area (Å²) in [6.07, 6.45) is 2.04. The smallest absolute Gasteiger partial charge is 0.150 e. The summed E-state index contributed by atoms with van der Waals surface area (Å²) in [7, 11) is -2.96. The minimum Gasteiger partial charge on any atom is -0.361 e. The van der Waals surface area contributed by atoms with E-state index in [9.17, 15) is 8.42 Å². The van der Waals surface area contributed by atoms with E-state index in [0.717, 1.165) is 50.9 Å². The molecule has 34 heavy (non-hydrogen) atoms. The maximum Gasteiger partial charge on any atom is 0.150 e. The monoisotopic (exact) mass is 497 g/mol. The van der Waals surface area contributed by atoms with Crippen molar-refractivity contribution >= 4 is 32.5 Å². The number of hydrogen-bond donors (Lipinski definition) is 0. The summed E-state index contributed by atoms with van der Waals surface area (Å²) in [4.78, 5) is 5.10. The Hall–Kier alpha value is -2.64. The Morgan fingerprint density at radius 1 is 1.12 bits per heavy atom. The topological polar surface area (TPSA) is 78.0 Å². The molecule has 2 aromatic carbocycles. The SMILES string of the molecule is Cc1noc(C)c1-c1ccc2c(c1)nc(C(C)Cc1ccc(Cl)cc1)n2C1CCS(=O)(=O)CC1. The lowest BCUT2D eigenvalue weighted by molar-refractivity contribution is 0.393. The Balaban J connectivity index is 1.59. The van der Waals surface area contributed by atoms with Crippen molar-refractivity contribution in [3.8, 4) is 11.1 Å². The molecule has 0 aliphatic carbocycles. The van der Waals surface area contributed by atoms with Gasteiger partial charge in [-0.15, -0.1) is 0 Å². The van der Waals surface area contributed by atoms with Crippen molar-refractivity contribution < 1.29 is 12.9 Å². The van der Waals surface area contributed by atoms with Gasteiger partial charge in [0.2, 0.25) is 0 Å². The third-order valence-corrected chi connectivity index (χ3v) is 8.79. The van der Waals surface area contributed by atoms with Crippen LogP contribution in [0, 0.1) is 13.8 Å². The van der Waals surface area contributed by atoms with Gasteiger partial charge in [-0.3, -0.25) is 0 Å². The molecule has 0 amide bonds. The Morgan fingerprint density at radius 3 is 2.47 bits per heavy atom. The van der Waals surface area contributed by atoms with Crippen LogP contribution >= 0.6 is 11.6 Å². The van der Waals surface area contributed by atoms with Crippen LogP contribution in [0.3, 0.4) is 0 Å². The summed E-state index contributed by atoms with van der Waals surface area (Å²) in [6.45, 7) is 6.04. The van der Waals surface area contributed by atoms with Crippen LogP contribution < -0.4 is 0 Å². The average Bonchev–Trinajstić information content (AvgIpc) is 3.34. The first-order valence-electron chi connectivity index (χ1n) is 11.6. The van der Waals surface area contributed by atoms with E-state index in [2.05, 4.69) is 47.0 Å². The molecule has 0 spiro atoms. The highest BCUT2D eigenvalue weighted by molar-refractivity contribution is 7.91. The quantitative estimate of drug-likeness (QED) is 0.335. The largest absolute Gasteiger partial charge is 0.361 e. The van der Waals surface area contributed by atoms with E-state index in [4.69, 9.17) is 21.1 Å². The number of imidazole rings is 1. The van der Waals surface area contributed by atoms with Crippen molar-refractivity contribution in [2.75, 3.05) is 11.5 Å². The number of rotatable bonds is 5. The molecule has 0 N–H and O–H groups in total. The lowest BCUT2D eigenvalue weighted by Crippen LogP contribution is -2.27. The zero-order valence-electron chi connectivity index (χ0n) is 19.6. The molecule has 1 atom stereocenters. The third-order valence-electron chi connectivity index (χ3n) is 6.82. The van der Waals surface area contributed by atoms with Crippen LogP contribution in [-0.2, 0) is 16.3 Å². The van der Waals surface area contributed by atoms with Gasteiger partial charge >= 0.3 is 0 Å². The minimum absolute atomic E-state index is 0.112. The molecule has 0 radical (unpaired) electrons. The van der Waals surface area contributed by atoms with E-state index < -0.39 is 9.84 Å². The van der Waals surface area contributed by atoms with Crippen LogP contribution in [0.5, 0.6) is 0 Å². The average molecular weight is 498 g/mol. The Morgan fingerprint density at radius 2 is 1.82 bits per heavy atom. The highest BCUT2D eigenvalue weighted by atomic mass is 35.5. The second-order valence-electron chi connectivity index (χ2n) is 9.36. The van der Waals surface area contributed by atoms with Crippen molar-refractivity contribution in [1.82, 2.24) is 14.7 Å². The van der Waals surface area contributed by atoms with Gasteiger partial charge in [-0.2, -0.15) is 0 Å². The van der Waals surface area contributed by atoms with Crippen molar-refractivity contribution in [1.29, 1.82) is 0 Å². The van der Waals surface area contributed by atoms with E-state index in [-0.39, 0.29) is 23.5 Å². The van der Waals surface area contributed by atoms with Crippen LogP contribution in [-0.4, -0.2) is 34.6 Å². The van der Waals surface area contributed by atoms with Gasteiger partial charge in [0.25, 0.3) is 0 Å².